The summed E-state index contributed by atoms with van der Waals surface area (Å²) in [5.41, 5.74) is 2.02. The molecular weight excluding hydrogens is 370 g/mol. The summed E-state index contributed by atoms with van der Waals surface area (Å²) >= 11 is 0. The van der Waals surface area contributed by atoms with E-state index < -0.39 is 6.04 Å². The zero-order valence-electron chi connectivity index (χ0n) is 17.1. The Hall–Kier alpha value is -3.06. The van der Waals surface area contributed by atoms with Gasteiger partial charge in [0.15, 0.2) is 11.5 Å². The van der Waals surface area contributed by atoms with Gasteiger partial charge in [0.1, 0.15) is 6.04 Å². The van der Waals surface area contributed by atoms with Crippen molar-refractivity contribution in [3.8, 4) is 11.5 Å². The van der Waals surface area contributed by atoms with E-state index in [9.17, 15) is 9.59 Å². The summed E-state index contributed by atoms with van der Waals surface area (Å²) in [6, 6.07) is 14.5. The van der Waals surface area contributed by atoms with Gasteiger partial charge in [0, 0.05) is 13.0 Å². The molecule has 2 aromatic rings. The van der Waals surface area contributed by atoms with Crippen molar-refractivity contribution in [3.63, 3.8) is 0 Å². The highest BCUT2D eigenvalue weighted by Crippen LogP contribution is 2.28. The van der Waals surface area contributed by atoms with Gasteiger partial charge >= 0.3 is 6.03 Å². The van der Waals surface area contributed by atoms with Gasteiger partial charge < -0.3 is 14.8 Å². The molecule has 1 heterocycles. The van der Waals surface area contributed by atoms with Crippen LogP contribution in [0.25, 0.3) is 0 Å². The Morgan fingerprint density at radius 3 is 2.52 bits per heavy atom. The molecular formula is C22H27N3O4. The molecule has 7 nitrogen and oxygen atoms in total. The molecule has 154 valence electrons. The molecule has 0 bridgehead atoms. The number of urea groups is 1. The number of imide groups is 1. The number of carbonyl (C=O) groups is 2. The molecule has 0 saturated carbocycles. The Morgan fingerprint density at radius 2 is 1.83 bits per heavy atom. The summed E-state index contributed by atoms with van der Waals surface area (Å²) in [7, 11) is 3.47. The maximum Gasteiger partial charge on any atom is 0.325 e. The lowest BCUT2D eigenvalue weighted by Crippen LogP contribution is -2.40. The molecule has 0 aromatic heterocycles. The van der Waals surface area contributed by atoms with Gasteiger partial charge in [-0.3, -0.25) is 9.69 Å². The minimum absolute atomic E-state index is 0.199. The number of nitrogens with zero attached hydrogens (tertiary/aromatic N) is 2. The van der Waals surface area contributed by atoms with Crippen molar-refractivity contribution in [3.05, 3.63) is 59.7 Å². The zero-order valence-corrected chi connectivity index (χ0v) is 17.1. The third kappa shape index (κ3) is 5.06. The van der Waals surface area contributed by atoms with Crippen LogP contribution in [-0.4, -0.2) is 55.2 Å². The second kappa shape index (κ2) is 9.43. The molecule has 7 heteroatoms. The Morgan fingerprint density at radius 1 is 1.07 bits per heavy atom. The average Bonchev–Trinajstić information content (AvgIpc) is 2.97. The number of benzene rings is 2. The van der Waals surface area contributed by atoms with Crippen molar-refractivity contribution >= 4 is 11.9 Å². The van der Waals surface area contributed by atoms with Crippen LogP contribution in [0, 0.1) is 0 Å². The number of amides is 3. The van der Waals surface area contributed by atoms with E-state index in [0.717, 1.165) is 11.1 Å². The molecule has 0 aliphatic carbocycles. The Bertz CT molecular complexity index is 856. The lowest BCUT2D eigenvalue weighted by atomic mass is 10.1. The quantitative estimate of drug-likeness (QED) is 0.659. The van der Waals surface area contributed by atoms with Crippen LogP contribution >= 0.6 is 0 Å². The normalized spacial score (nSPS) is 16.3. The summed E-state index contributed by atoms with van der Waals surface area (Å²) in [6.45, 7) is 3.25. The summed E-state index contributed by atoms with van der Waals surface area (Å²) in [6.07, 6.45) is 0.488. The van der Waals surface area contributed by atoms with Crippen molar-refractivity contribution in [1.29, 1.82) is 0 Å². The SMILES string of the molecule is CCOc1ccc(CN(C)CN2C(=O)N[C@@H](Cc3ccccc3)C2=O)cc1OC. The van der Waals surface area contributed by atoms with E-state index in [2.05, 4.69) is 5.32 Å². The van der Waals surface area contributed by atoms with Gasteiger partial charge in [0.05, 0.1) is 20.4 Å². The van der Waals surface area contributed by atoms with E-state index in [0.29, 0.717) is 31.1 Å². The summed E-state index contributed by atoms with van der Waals surface area (Å²) in [5.74, 6) is 1.16. The van der Waals surface area contributed by atoms with Crippen LogP contribution in [0.4, 0.5) is 4.79 Å². The molecule has 1 saturated heterocycles. The largest absolute Gasteiger partial charge is 0.493 e. The van der Waals surface area contributed by atoms with Crippen LogP contribution in [0.15, 0.2) is 48.5 Å². The minimum Gasteiger partial charge on any atom is -0.493 e. The standard InChI is InChI=1S/C22H27N3O4/c1-4-29-19-11-10-17(13-20(19)28-3)14-24(2)15-25-21(26)18(23-22(25)27)12-16-8-6-5-7-9-16/h5-11,13,18H,4,12,14-15H2,1-3H3,(H,23,27)/t18-/m0/s1. The molecule has 2 aromatic carbocycles. The zero-order chi connectivity index (χ0) is 20.8. The molecule has 1 fully saturated rings. The van der Waals surface area contributed by atoms with Crippen LogP contribution in [0.2, 0.25) is 0 Å². The van der Waals surface area contributed by atoms with Crippen LogP contribution < -0.4 is 14.8 Å². The molecule has 1 atom stereocenters. The van der Waals surface area contributed by atoms with E-state index in [-0.39, 0.29) is 18.6 Å². The maximum atomic E-state index is 12.7. The third-order valence-electron chi connectivity index (χ3n) is 4.75. The summed E-state index contributed by atoms with van der Waals surface area (Å²) < 4.78 is 10.9. The fraction of sp³-hybridized carbons (Fsp3) is 0.364. The molecule has 0 radical (unpaired) electrons. The number of nitrogens with one attached hydrogen (secondary N) is 1. The Labute approximate surface area is 171 Å². The summed E-state index contributed by atoms with van der Waals surface area (Å²) in [5, 5.41) is 2.79. The number of methoxy groups -OCH3 is 1. The van der Waals surface area contributed by atoms with Crippen molar-refractivity contribution in [2.24, 2.45) is 0 Å². The van der Waals surface area contributed by atoms with Gasteiger partial charge in [-0.1, -0.05) is 36.4 Å². The molecule has 1 aliphatic rings. The second-order valence-electron chi connectivity index (χ2n) is 7.03. The fourth-order valence-corrected chi connectivity index (χ4v) is 3.39. The smallest absolute Gasteiger partial charge is 0.325 e. The lowest BCUT2D eigenvalue weighted by molar-refractivity contribution is -0.128. The van der Waals surface area contributed by atoms with E-state index in [1.807, 2.05) is 67.4 Å². The second-order valence-corrected chi connectivity index (χ2v) is 7.03. The van der Waals surface area contributed by atoms with Gasteiger partial charge in [-0.2, -0.15) is 0 Å². The van der Waals surface area contributed by atoms with Crippen molar-refractivity contribution in [2.75, 3.05) is 27.4 Å². The summed E-state index contributed by atoms with van der Waals surface area (Å²) in [4.78, 5) is 28.2. The molecule has 29 heavy (non-hydrogen) atoms. The van der Waals surface area contributed by atoms with Crippen LogP contribution in [0.1, 0.15) is 18.1 Å². The van der Waals surface area contributed by atoms with Crippen molar-refractivity contribution in [2.45, 2.75) is 25.9 Å². The molecule has 0 spiro atoms. The number of hydrogen-bond donors (Lipinski definition) is 1. The van der Waals surface area contributed by atoms with E-state index in [4.69, 9.17) is 9.47 Å². The van der Waals surface area contributed by atoms with Gasteiger partial charge in [0.25, 0.3) is 5.91 Å². The Kier molecular flexibility index (Phi) is 6.72. The van der Waals surface area contributed by atoms with Gasteiger partial charge in [-0.25, -0.2) is 9.69 Å². The van der Waals surface area contributed by atoms with E-state index in [1.165, 1.54) is 4.90 Å². The first-order chi connectivity index (χ1) is 14.0. The first-order valence-electron chi connectivity index (χ1n) is 9.66. The highest BCUT2D eigenvalue weighted by molar-refractivity contribution is 6.04. The van der Waals surface area contributed by atoms with Crippen LogP contribution in [-0.2, 0) is 17.8 Å². The number of ether oxygens (including phenoxy) is 2. The predicted molar refractivity (Wildman–Crippen MR) is 110 cm³/mol. The molecule has 0 unspecified atom stereocenters. The maximum absolute atomic E-state index is 12.7. The van der Waals surface area contributed by atoms with Crippen molar-refractivity contribution < 1.29 is 19.1 Å². The minimum atomic E-state index is -0.524. The number of carbonyl (C=O) groups excluding carboxylic acids is 2. The molecule has 3 amide bonds. The van der Waals surface area contributed by atoms with Gasteiger partial charge in [0.2, 0.25) is 0 Å². The van der Waals surface area contributed by atoms with Gasteiger partial charge in [-0.15, -0.1) is 0 Å². The van der Waals surface area contributed by atoms with E-state index in [1.54, 1.807) is 7.11 Å². The van der Waals surface area contributed by atoms with Crippen molar-refractivity contribution in [1.82, 2.24) is 15.1 Å². The number of rotatable bonds is 9. The fourth-order valence-electron chi connectivity index (χ4n) is 3.39. The third-order valence-corrected chi connectivity index (χ3v) is 4.75. The van der Waals surface area contributed by atoms with Crippen LogP contribution in [0.3, 0.4) is 0 Å². The first kappa shape index (κ1) is 20.7. The first-order valence-corrected chi connectivity index (χ1v) is 9.66. The van der Waals surface area contributed by atoms with E-state index >= 15 is 0 Å². The molecule has 1 N–H and O–H groups in total. The monoisotopic (exact) mass is 397 g/mol. The highest BCUT2D eigenvalue weighted by Gasteiger charge is 2.38. The highest BCUT2D eigenvalue weighted by atomic mass is 16.5. The number of hydrogen-bond acceptors (Lipinski definition) is 5. The molecule has 3 rings (SSSR count). The molecule has 1 aliphatic heterocycles. The lowest BCUT2D eigenvalue weighted by Gasteiger charge is -2.22. The predicted octanol–water partition coefficient (Wildman–Crippen LogP) is 2.65. The van der Waals surface area contributed by atoms with Crippen LogP contribution in [0.5, 0.6) is 11.5 Å². The van der Waals surface area contributed by atoms with Gasteiger partial charge in [-0.05, 0) is 37.2 Å². The Balaban J connectivity index is 1.60. The topological polar surface area (TPSA) is 71.1 Å². The average molecular weight is 397 g/mol.